The first kappa shape index (κ1) is 14.9. The van der Waals surface area contributed by atoms with Gasteiger partial charge in [-0.2, -0.15) is 0 Å². The van der Waals surface area contributed by atoms with Crippen molar-refractivity contribution in [3.8, 4) is 0 Å². The summed E-state index contributed by atoms with van der Waals surface area (Å²) in [5.41, 5.74) is 1.26. The van der Waals surface area contributed by atoms with Crippen LogP contribution in [0.1, 0.15) is 27.7 Å². The molecule has 0 amide bonds. The Morgan fingerprint density at radius 3 is 2.26 bits per heavy atom. The maximum absolute atomic E-state index is 3.59. The molecule has 3 heteroatoms. The number of rotatable bonds is 6. The average Bonchev–Trinajstić information content (AvgIpc) is 2.71. The van der Waals surface area contributed by atoms with Crippen LogP contribution >= 0.6 is 23.5 Å². The number of thioether (sulfide) groups is 2. The number of aromatic nitrogens is 1. The molecule has 1 heterocycles. The van der Waals surface area contributed by atoms with E-state index in [1.54, 1.807) is 0 Å². The summed E-state index contributed by atoms with van der Waals surface area (Å²) >= 11 is 3.95. The summed E-state index contributed by atoms with van der Waals surface area (Å²) in [6.07, 6.45) is 0. The minimum atomic E-state index is 0.722. The van der Waals surface area contributed by atoms with Crippen LogP contribution in [0, 0.1) is 11.8 Å². The van der Waals surface area contributed by atoms with E-state index in [-0.39, 0.29) is 0 Å². The van der Waals surface area contributed by atoms with E-state index < -0.39 is 0 Å². The topological polar surface area (TPSA) is 15.8 Å². The van der Waals surface area contributed by atoms with Crippen molar-refractivity contribution in [1.29, 1.82) is 0 Å². The molecule has 0 spiro atoms. The highest BCUT2D eigenvalue weighted by molar-refractivity contribution is 8.02. The SMILES string of the molecule is CC(C)CSc1[nH]c2ccccc2c1SCC(C)C. The van der Waals surface area contributed by atoms with E-state index in [2.05, 4.69) is 56.9 Å². The van der Waals surface area contributed by atoms with Crippen molar-refractivity contribution < 1.29 is 0 Å². The van der Waals surface area contributed by atoms with Crippen LogP contribution in [0.2, 0.25) is 0 Å². The summed E-state index contributed by atoms with van der Waals surface area (Å²) in [6, 6.07) is 8.64. The van der Waals surface area contributed by atoms with E-state index >= 15 is 0 Å². The van der Waals surface area contributed by atoms with Crippen molar-refractivity contribution in [2.75, 3.05) is 11.5 Å². The van der Waals surface area contributed by atoms with E-state index in [4.69, 9.17) is 0 Å². The van der Waals surface area contributed by atoms with Crippen molar-refractivity contribution in [2.24, 2.45) is 11.8 Å². The minimum absolute atomic E-state index is 0.722. The lowest BCUT2D eigenvalue weighted by molar-refractivity contribution is 0.747. The molecule has 2 rings (SSSR count). The lowest BCUT2D eigenvalue weighted by atomic mass is 10.2. The summed E-state index contributed by atoms with van der Waals surface area (Å²) in [6.45, 7) is 9.11. The minimum Gasteiger partial charge on any atom is -0.349 e. The van der Waals surface area contributed by atoms with Gasteiger partial charge in [0.15, 0.2) is 0 Å². The smallest absolute Gasteiger partial charge is 0.0871 e. The Morgan fingerprint density at radius 2 is 1.58 bits per heavy atom. The molecule has 0 atom stereocenters. The van der Waals surface area contributed by atoms with Gasteiger partial charge in [-0.25, -0.2) is 0 Å². The summed E-state index contributed by atoms with van der Waals surface area (Å²) in [5.74, 6) is 3.79. The van der Waals surface area contributed by atoms with Crippen molar-refractivity contribution >= 4 is 34.4 Å². The molecule has 0 radical (unpaired) electrons. The highest BCUT2D eigenvalue weighted by Gasteiger charge is 2.13. The third kappa shape index (κ3) is 3.96. The van der Waals surface area contributed by atoms with Crippen molar-refractivity contribution in [1.82, 2.24) is 4.98 Å². The first-order chi connectivity index (χ1) is 9.08. The second kappa shape index (κ2) is 6.76. The molecule has 1 nitrogen and oxygen atoms in total. The number of para-hydroxylation sites is 1. The fraction of sp³-hybridized carbons (Fsp3) is 0.500. The van der Waals surface area contributed by atoms with Crippen LogP contribution in [0.4, 0.5) is 0 Å². The average molecular weight is 294 g/mol. The van der Waals surface area contributed by atoms with Gasteiger partial charge < -0.3 is 4.98 Å². The maximum Gasteiger partial charge on any atom is 0.0871 e. The zero-order valence-electron chi connectivity index (χ0n) is 12.2. The van der Waals surface area contributed by atoms with E-state index in [1.165, 1.54) is 32.3 Å². The molecule has 104 valence electrons. The monoisotopic (exact) mass is 293 g/mol. The summed E-state index contributed by atoms with van der Waals surface area (Å²) < 4.78 is 0. The number of hydrogen-bond donors (Lipinski definition) is 1. The number of aromatic amines is 1. The molecule has 0 saturated carbocycles. The van der Waals surface area contributed by atoms with Gasteiger partial charge in [0.25, 0.3) is 0 Å². The molecule has 19 heavy (non-hydrogen) atoms. The number of fused-ring (bicyclic) bond motifs is 1. The molecule has 0 aliphatic heterocycles. The normalized spacial score (nSPS) is 11.9. The van der Waals surface area contributed by atoms with E-state index in [1.807, 2.05) is 23.5 Å². The van der Waals surface area contributed by atoms with Gasteiger partial charge in [0.05, 0.1) is 5.03 Å². The summed E-state index contributed by atoms with van der Waals surface area (Å²) in [4.78, 5) is 5.03. The van der Waals surface area contributed by atoms with Crippen LogP contribution in [0.5, 0.6) is 0 Å². The quantitative estimate of drug-likeness (QED) is 0.691. The van der Waals surface area contributed by atoms with E-state index in [0.29, 0.717) is 0 Å². The Bertz CT molecular complexity index is 529. The van der Waals surface area contributed by atoms with Crippen LogP contribution in [-0.2, 0) is 0 Å². The third-order valence-electron chi connectivity index (χ3n) is 2.75. The van der Waals surface area contributed by atoms with Crippen molar-refractivity contribution in [3.05, 3.63) is 24.3 Å². The zero-order valence-corrected chi connectivity index (χ0v) is 13.8. The van der Waals surface area contributed by atoms with Gasteiger partial charge in [-0.1, -0.05) is 45.9 Å². The predicted octanol–water partition coefficient (Wildman–Crippen LogP) is 5.66. The van der Waals surface area contributed by atoms with Gasteiger partial charge in [0.2, 0.25) is 0 Å². The van der Waals surface area contributed by atoms with Crippen LogP contribution < -0.4 is 0 Å². The number of hydrogen-bond acceptors (Lipinski definition) is 2. The maximum atomic E-state index is 3.59. The Hall–Kier alpha value is -0.540. The van der Waals surface area contributed by atoms with Crippen LogP contribution in [0.15, 0.2) is 34.2 Å². The third-order valence-corrected chi connectivity index (χ3v) is 5.85. The molecule has 0 bridgehead atoms. The molecule has 1 aromatic heterocycles. The second-order valence-corrected chi connectivity index (χ2v) is 7.80. The Labute approximate surface area is 124 Å². The van der Waals surface area contributed by atoms with Gasteiger partial charge >= 0.3 is 0 Å². The highest BCUT2D eigenvalue weighted by Crippen LogP contribution is 2.38. The number of benzene rings is 1. The molecule has 0 aliphatic rings. The van der Waals surface area contributed by atoms with E-state index in [0.717, 1.165) is 11.8 Å². The molecular formula is C16H23NS2. The van der Waals surface area contributed by atoms with Crippen molar-refractivity contribution in [3.63, 3.8) is 0 Å². The van der Waals surface area contributed by atoms with Gasteiger partial charge in [-0.05, 0) is 17.9 Å². The zero-order chi connectivity index (χ0) is 13.8. The highest BCUT2D eigenvalue weighted by atomic mass is 32.2. The summed E-state index contributed by atoms with van der Waals surface area (Å²) in [7, 11) is 0. The lowest BCUT2D eigenvalue weighted by Crippen LogP contribution is -1.92. The number of nitrogens with one attached hydrogen (secondary N) is 1. The summed E-state index contributed by atoms with van der Waals surface area (Å²) in [5, 5.41) is 2.72. The van der Waals surface area contributed by atoms with Crippen LogP contribution in [0.3, 0.4) is 0 Å². The molecular weight excluding hydrogens is 270 g/mol. The fourth-order valence-electron chi connectivity index (χ4n) is 1.84. The number of H-pyrrole nitrogens is 1. The first-order valence-electron chi connectivity index (χ1n) is 6.94. The molecule has 0 unspecified atom stereocenters. The molecule has 0 fully saturated rings. The first-order valence-corrected chi connectivity index (χ1v) is 8.91. The molecule has 0 saturated heterocycles. The Kier molecular flexibility index (Phi) is 5.28. The molecule has 2 aromatic rings. The fourth-order valence-corrected chi connectivity index (χ4v) is 4.13. The second-order valence-electron chi connectivity index (χ2n) is 5.74. The van der Waals surface area contributed by atoms with Gasteiger partial charge in [0, 0.05) is 27.3 Å². The molecule has 1 N–H and O–H groups in total. The van der Waals surface area contributed by atoms with Crippen molar-refractivity contribution in [2.45, 2.75) is 37.6 Å². The molecule has 1 aromatic carbocycles. The Morgan fingerprint density at radius 1 is 0.947 bits per heavy atom. The van der Waals surface area contributed by atoms with E-state index in [9.17, 15) is 0 Å². The van der Waals surface area contributed by atoms with Gasteiger partial charge in [0.1, 0.15) is 0 Å². The predicted molar refractivity (Wildman–Crippen MR) is 89.4 cm³/mol. The standard InChI is InChI=1S/C16H23NS2/c1-11(2)9-18-15-13-7-5-6-8-14(13)17-16(15)19-10-12(3)4/h5-8,11-12,17H,9-10H2,1-4H3. The van der Waals surface area contributed by atoms with Gasteiger partial charge in [-0.3, -0.25) is 0 Å². The lowest BCUT2D eigenvalue weighted by Gasteiger charge is -2.08. The largest absolute Gasteiger partial charge is 0.349 e. The van der Waals surface area contributed by atoms with Crippen LogP contribution in [-0.4, -0.2) is 16.5 Å². The van der Waals surface area contributed by atoms with Gasteiger partial charge in [-0.15, -0.1) is 23.5 Å². The molecule has 0 aliphatic carbocycles. The Balaban J connectivity index is 2.28. The van der Waals surface area contributed by atoms with Crippen LogP contribution in [0.25, 0.3) is 10.9 Å².